The lowest BCUT2D eigenvalue weighted by atomic mass is 9.95. The zero-order valence-corrected chi connectivity index (χ0v) is 50.4. The van der Waals surface area contributed by atoms with Crippen LogP contribution in [0.5, 0.6) is 0 Å². The summed E-state index contributed by atoms with van der Waals surface area (Å²) in [6.07, 6.45) is 0. The van der Waals surface area contributed by atoms with Gasteiger partial charge in [-0.1, -0.05) is 243 Å². The lowest BCUT2D eigenvalue weighted by Gasteiger charge is -2.28. The van der Waals surface area contributed by atoms with Crippen LogP contribution in [0.3, 0.4) is 0 Å². The summed E-state index contributed by atoms with van der Waals surface area (Å²) in [6.45, 7) is 0. The van der Waals surface area contributed by atoms with E-state index in [1.54, 1.807) is 0 Å². The van der Waals surface area contributed by atoms with Crippen LogP contribution in [-0.4, -0.2) is 9.13 Å². The highest BCUT2D eigenvalue weighted by atomic mass is 15.1. The third kappa shape index (κ3) is 9.66. The molecule has 0 aliphatic rings. The molecule has 17 aromatic rings. The fraction of sp³-hybridized carbons (Fsp3) is 0. The molecule has 432 valence electrons. The second-order valence-corrected chi connectivity index (χ2v) is 23.7. The molecule has 4 nitrogen and oxygen atoms in total. The summed E-state index contributed by atoms with van der Waals surface area (Å²) in [5.41, 5.74) is 25.3. The van der Waals surface area contributed by atoms with Gasteiger partial charge in [-0.15, -0.1) is 0 Å². The van der Waals surface area contributed by atoms with Crippen molar-refractivity contribution in [1.82, 2.24) is 9.13 Å². The highest BCUT2D eigenvalue weighted by Crippen LogP contribution is 2.46. The normalized spacial score (nSPS) is 11.5. The maximum atomic E-state index is 2.43. The minimum absolute atomic E-state index is 1.08. The van der Waals surface area contributed by atoms with Crippen LogP contribution in [0.4, 0.5) is 34.1 Å². The van der Waals surface area contributed by atoms with E-state index in [1.165, 1.54) is 76.7 Å². The van der Waals surface area contributed by atoms with Crippen LogP contribution in [0, 0.1) is 0 Å². The molecule has 0 saturated carbocycles. The largest absolute Gasteiger partial charge is 0.311 e. The third-order valence-corrected chi connectivity index (χ3v) is 18.3. The maximum Gasteiger partial charge on any atom is 0.0547 e. The molecule has 0 saturated heterocycles. The zero-order valence-electron chi connectivity index (χ0n) is 50.4. The number of benzene rings is 15. The van der Waals surface area contributed by atoms with E-state index in [2.05, 4.69) is 383 Å². The van der Waals surface area contributed by atoms with Gasteiger partial charge in [0.05, 0.1) is 27.8 Å². The van der Waals surface area contributed by atoms with Crippen molar-refractivity contribution in [2.24, 2.45) is 0 Å². The molecule has 0 N–H and O–H groups in total. The Morgan fingerprint density at radius 3 is 0.989 bits per heavy atom. The van der Waals surface area contributed by atoms with Gasteiger partial charge in [0.25, 0.3) is 0 Å². The van der Waals surface area contributed by atoms with E-state index in [-0.39, 0.29) is 0 Å². The number of nitrogens with zero attached hydrogens (tertiary/aromatic N) is 4. The molecule has 0 aliphatic heterocycles. The predicted octanol–water partition coefficient (Wildman–Crippen LogP) is 24.3. The number of rotatable bonds is 13. The van der Waals surface area contributed by atoms with Gasteiger partial charge in [-0.2, -0.15) is 0 Å². The highest BCUT2D eigenvalue weighted by Gasteiger charge is 2.22. The molecule has 0 aliphatic carbocycles. The first kappa shape index (κ1) is 54.0. The Morgan fingerprint density at radius 2 is 0.522 bits per heavy atom. The second-order valence-electron chi connectivity index (χ2n) is 23.7. The molecule has 92 heavy (non-hydrogen) atoms. The van der Waals surface area contributed by atoms with Crippen LogP contribution < -0.4 is 9.80 Å². The Labute approximate surface area is 535 Å². The van der Waals surface area contributed by atoms with Crippen molar-refractivity contribution < 1.29 is 0 Å². The van der Waals surface area contributed by atoms with Crippen molar-refractivity contribution in [3.8, 4) is 67.0 Å². The van der Waals surface area contributed by atoms with Gasteiger partial charge in [0.15, 0.2) is 0 Å². The molecule has 0 atom stereocenters. The third-order valence-electron chi connectivity index (χ3n) is 18.3. The van der Waals surface area contributed by atoms with Gasteiger partial charge in [0, 0.05) is 66.7 Å². The topological polar surface area (TPSA) is 16.3 Å². The van der Waals surface area contributed by atoms with Gasteiger partial charge >= 0.3 is 0 Å². The number of hydrogen-bond donors (Lipinski definition) is 0. The van der Waals surface area contributed by atoms with Crippen LogP contribution in [0.25, 0.3) is 121 Å². The fourth-order valence-electron chi connectivity index (χ4n) is 13.9. The van der Waals surface area contributed by atoms with E-state index in [4.69, 9.17) is 0 Å². The van der Waals surface area contributed by atoms with Gasteiger partial charge in [-0.3, -0.25) is 0 Å². The summed E-state index contributed by atoms with van der Waals surface area (Å²) in [5, 5.41) is 7.30. The van der Waals surface area contributed by atoms with Crippen LogP contribution >= 0.6 is 0 Å². The first-order valence-electron chi connectivity index (χ1n) is 31.6. The Bertz CT molecular complexity index is 5370. The quantitative estimate of drug-likeness (QED) is 0.114. The summed E-state index contributed by atoms with van der Waals surface area (Å²) in [5.74, 6) is 0. The standard InChI is InChI=1S/C88H60N4/c1-4-19-61(20-5-1)63-35-47-72(48-36-63)89(73-49-37-64(38-50-73)62-21-6-2-7-22-62)74-51-39-65(40-52-74)68-45-57-77(58-46-68)92-85-33-17-14-29-82(85)88-79(30-18-34-86(88)92)70-59-69-23-10-11-26-78(69)87(60-70)90(71-24-8-3-9-25-71)75-53-41-66(42-54-75)67-43-55-76(56-44-67)91-83-31-15-12-27-80(83)81-28-13-16-32-84(81)91/h1-60H. The lowest BCUT2D eigenvalue weighted by molar-refractivity contribution is 1.18. The van der Waals surface area contributed by atoms with Crippen molar-refractivity contribution in [2.45, 2.75) is 0 Å². The number of anilines is 6. The lowest BCUT2D eigenvalue weighted by Crippen LogP contribution is -2.10. The van der Waals surface area contributed by atoms with Crippen molar-refractivity contribution >= 4 is 88.5 Å². The number of para-hydroxylation sites is 4. The summed E-state index contributed by atoms with van der Waals surface area (Å²) in [7, 11) is 0. The zero-order chi connectivity index (χ0) is 60.9. The van der Waals surface area contributed by atoms with E-state index in [0.29, 0.717) is 0 Å². The molecule has 0 spiro atoms. The van der Waals surface area contributed by atoms with Crippen LogP contribution in [-0.2, 0) is 0 Å². The Kier molecular flexibility index (Phi) is 13.5. The maximum absolute atomic E-state index is 2.43. The van der Waals surface area contributed by atoms with Gasteiger partial charge in [-0.25, -0.2) is 0 Å². The summed E-state index contributed by atoms with van der Waals surface area (Å²) >= 11 is 0. The minimum atomic E-state index is 1.08. The van der Waals surface area contributed by atoms with Crippen LogP contribution in [0.1, 0.15) is 0 Å². The first-order chi connectivity index (χ1) is 45.6. The van der Waals surface area contributed by atoms with E-state index in [0.717, 1.165) is 78.8 Å². The molecule has 17 rings (SSSR count). The van der Waals surface area contributed by atoms with E-state index in [9.17, 15) is 0 Å². The van der Waals surface area contributed by atoms with Crippen molar-refractivity contribution in [3.63, 3.8) is 0 Å². The molecule has 0 bridgehead atoms. The van der Waals surface area contributed by atoms with E-state index in [1.807, 2.05) is 0 Å². The number of aromatic nitrogens is 2. The molecule has 15 aromatic carbocycles. The SMILES string of the molecule is c1ccc(-c2ccc(N(c3ccc(-c4ccccc4)cc3)c3ccc(-c4ccc(-n5c6ccccc6c6c(-c7cc(N(c8ccccc8)c8ccc(-c9ccc(-n%10c%11ccccc%11c%11ccccc%11%10)cc9)cc8)c8ccccc8c7)cccc65)cc4)cc3)cc2)cc1. The van der Waals surface area contributed by atoms with Gasteiger partial charge in [0.2, 0.25) is 0 Å². The van der Waals surface area contributed by atoms with Gasteiger partial charge in [-0.05, 0) is 182 Å². The van der Waals surface area contributed by atoms with E-state index >= 15 is 0 Å². The van der Waals surface area contributed by atoms with Gasteiger partial charge < -0.3 is 18.9 Å². The monoisotopic (exact) mass is 1170 g/mol. The molecule has 4 heteroatoms. The molecule has 2 aromatic heterocycles. The fourth-order valence-corrected chi connectivity index (χ4v) is 13.9. The number of hydrogen-bond acceptors (Lipinski definition) is 2. The van der Waals surface area contributed by atoms with Crippen molar-refractivity contribution in [3.05, 3.63) is 364 Å². The van der Waals surface area contributed by atoms with Crippen LogP contribution in [0.15, 0.2) is 364 Å². The smallest absolute Gasteiger partial charge is 0.0547 e. The summed E-state index contributed by atoms with van der Waals surface area (Å²) in [6, 6.07) is 133. The molecule has 0 amide bonds. The average Bonchev–Trinajstić information content (AvgIpc) is 1.57. The second kappa shape index (κ2) is 23.0. The summed E-state index contributed by atoms with van der Waals surface area (Å²) < 4.78 is 4.81. The molecule has 2 heterocycles. The minimum Gasteiger partial charge on any atom is -0.311 e. The highest BCUT2D eigenvalue weighted by molar-refractivity contribution is 6.17. The Hall–Kier alpha value is -12.2. The predicted molar refractivity (Wildman–Crippen MR) is 389 cm³/mol. The summed E-state index contributed by atoms with van der Waals surface area (Å²) in [4.78, 5) is 4.77. The van der Waals surface area contributed by atoms with E-state index < -0.39 is 0 Å². The van der Waals surface area contributed by atoms with Gasteiger partial charge in [0.1, 0.15) is 0 Å². The van der Waals surface area contributed by atoms with Crippen molar-refractivity contribution in [1.29, 1.82) is 0 Å². The Morgan fingerprint density at radius 1 is 0.196 bits per heavy atom. The Balaban J connectivity index is 0.701. The molecular formula is C88H60N4. The van der Waals surface area contributed by atoms with Crippen LogP contribution in [0.2, 0.25) is 0 Å². The number of fused-ring (bicyclic) bond motifs is 7. The first-order valence-corrected chi connectivity index (χ1v) is 31.6. The van der Waals surface area contributed by atoms with Crippen molar-refractivity contribution in [2.75, 3.05) is 9.80 Å². The molecule has 0 radical (unpaired) electrons. The molecule has 0 unspecified atom stereocenters. The molecule has 0 fully saturated rings. The average molecular weight is 1170 g/mol. The molecular weight excluding hydrogens is 1110 g/mol.